The van der Waals surface area contributed by atoms with Crippen LogP contribution in [-0.4, -0.2) is 24.7 Å². The van der Waals surface area contributed by atoms with Crippen molar-refractivity contribution < 1.29 is 14.6 Å². The van der Waals surface area contributed by atoms with Crippen LogP contribution in [0, 0.1) is 26.7 Å². The van der Waals surface area contributed by atoms with Crippen LogP contribution < -0.4 is 10.1 Å². The molecule has 0 aromatic heterocycles. The van der Waals surface area contributed by atoms with Crippen LogP contribution in [0.5, 0.6) is 5.75 Å². The molecule has 0 radical (unpaired) electrons. The number of carboxylic acids is 1. The van der Waals surface area contributed by atoms with Crippen molar-refractivity contribution in [2.24, 2.45) is 5.92 Å². The SMILES string of the molecule is CCC(CNc1cc(C)c(OC)c(C)c1C)C(=O)O. The fraction of sp³-hybridized carbons (Fsp3) is 0.533. The van der Waals surface area contributed by atoms with E-state index in [2.05, 4.69) is 5.32 Å². The third-order valence-electron chi connectivity index (χ3n) is 3.61. The van der Waals surface area contributed by atoms with Crippen molar-refractivity contribution in [2.45, 2.75) is 34.1 Å². The van der Waals surface area contributed by atoms with E-state index in [0.29, 0.717) is 13.0 Å². The van der Waals surface area contributed by atoms with E-state index >= 15 is 0 Å². The summed E-state index contributed by atoms with van der Waals surface area (Å²) >= 11 is 0. The largest absolute Gasteiger partial charge is 0.496 e. The minimum Gasteiger partial charge on any atom is -0.496 e. The van der Waals surface area contributed by atoms with Crippen LogP contribution in [-0.2, 0) is 4.79 Å². The molecule has 0 aliphatic carbocycles. The van der Waals surface area contributed by atoms with Crippen molar-refractivity contribution in [3.05, 3.63) is 22.8 Å². The Balaban J connectivity index is 2.94. The van der Waals surface area contributed by atoms with Gasteiger partial charge in [-0.15, -0.1) is 0 Å². The number of anilines is 1. The van der Waals surface area contributed by atoms with Crippen molar-refractivity contribution >= 4 is 11.7 Å². The summed E-state index contributed by atoms with van der Waals surface area (Å²) in [4.78, 5) is 11.0. The molecule has 0 saturated carbocycles. The van der Waals surface area contributed by atoms with Gasteiger partial charge in [-0.25, -0.2) is 0 Å². The van der Waals surface area contributed by atoms with Crippen LogP contribution in [0.3, 0.4) is 0 Å². The maximum atomic E-state index is 11.0. The monoisotopic (exact) mass is 265 g/mol. The molecule has 0 spiro atoms. The Hall–Kier alpha value is -1.71. The fourth-order valence-corrected chi connectivity index (χ4v) is 2.20. The van der Waals surface area contributed by atoms with Crippen molar-refractivity contribution in [3.63, 3.8) is 0 Å². The summed E-state index contributed by atoms with van der Waals surface area (Å²) in [6.07, 6.45) is 0.621. The van der Waals surface area contributed by atoms with E-state index in [1.165, 1.54) is 0 Å². The number of ether oxygens (including phenoxy) is 1. The molecule has 0 fully saturated rings. The van der Waals surface area contributed by atoms with Gasteiger partial charge in [-0.2, -0.15) is 0 Å². The number of hydrogen-bond acceptors (Lipinski definition) is 3. The van der Waals surface area contributed by atoms with Gasteiger partial charge >= 0.3 is 5.97 Å². The van der Waals surface area contributed by atoms with Gasteiger partial charge in [0, 0.05) is 12.2 Å². The summed E-state index contributed by atoms with van der Waals surface area (Å²) < 4.78 is 5.37. The Kier molecular flexibility index (Phi) is 5.21. The molecule has 0 heterocycles. The Morgan fingerprint density at radius 1 is 1.37 bits per heavy atom. The summed E-state index contributed by atoms with van der Waals surface area (Å²) in [5.41, 5.74) is 4.23. The highest BCUT2D eigenvalue weighted by Crippen LogP contribution is 2.31. The first-order valence-electron chi connectivity index (χ1n) is 6.53. The molecule has 0 bridgehead atoms. The maximum absolute atomic E-state index is 11.0. The van der Waals surface area contributed by atoms with Crippen LogP contribution in [0.15, 0.2) is 6.07 Å². The molecule has 2 N–H and O–H groups in total. The van der Waals surface area contributed by atoms with Crippen LogP contribution in [0.4, 0.5) is 5.69 Å². The molecular formula is C15H23NO3. The standard InChI is InChI=1S/C15H23NO3/c1-6-12(15(17)18)8-16-13-7-9(2)14(19-5)11(4)10(13)3/h7,12,16H,6,8H2,1-5H3,(H,17,18). The number of rotatable bonds is 6. The summed E-state index contributed by atoms with van der Waals surface area (Å²) in [5.74, 6) is -0.218. The number of nitrogens with one attached hydrogen (secondary N) is 1. The van der Waals surface area contributed by atoms with Crippen molar-refractivity contribution in [1.82, 2.24) is 0 Å². The van der Waals surface area contributed by atoms with E-state index in [4.69, 9.17) is 9.84 Å². The van der Waals surface area contributed by atoms with Crippen LogP contribution in [0.2, 0.25) is 0 Å². The van der Waals surface area contributed by atoms with Crippen molar-refractivity contribution in [2.75, 3.05) is 19.0 Å². The second kappa shape index (κ2) is 6.45. The summed E-state index contributed by atoms with van der Waals surface area (Å²) in [6.45, 7) is 8.35. The first-order chi connectivity index (χ1) is 8.92. The summed E-state index contributed by atoms with van der Waals surface area (Å²) in [7, 11) is 1.67. The van der Waals surface area contributed by atoms with Crippen LogP contribution in [0.25, 0.3) is 0 Å². The number of carboxylic acid groups (broad SMARTS) is 1. The predicted octanol–water partition coefficient (Wildman–Crippen LogP) is 3.14. The van der Waals surface area contributed by atoms with E-state index in [-0.39, 0.29) is 5.92 Å². The second-order valence-corrected chi connectivity index (χ2v) is 4.85. The molecular weight excluding hydrogens is 242 g/mol. The zero-order valence-electron chi connectivity index (χ0n) is 12.3. The molecule has 1 atom stereocenters. The molecule has 0 saturated heterocycles. The first kappa shape index (κ1) is 15.3. The van der Waals surface area contributed by atoms with Gasteiger partial charge in [0.25, 0.3) is 0 Å². The molecule has 106 valence electrons. The van der Waals surface area contributed by atoms with Gasteiger partial charge < -0.3 is 15.2 Å². The Morgan fingerprint density at radius 2 is 2.00 bits per heavy atom. The molecule has 4 nitrogen and oxygen atoms in total. The van der Waals surface area contributed by atoms with Gasteiger partial charge in [0.2, 0.25) is 0 Å². The zero-order chi connectivity index (χ0) is 14.6. The summed E-state index contributed by atoms with van der Waals surface area (Å²) in [5, 5.41) is 12.3. The van der Waals surface area contributed by atoms with Gasteiger partial charge in [0.1, 0.15) is 5.75 Å². The summed E-state index contributed by atoms with van der Waals surface area (Å²) in [6, 6.07) is 2.01. The number of hydrogen-bond donors (Lipinski definition) is 2. The minimum atomic E-state index is -0.755. The molecule has 4 heteroatoms. The minimum absolute atomic E-state index is 0.359. The van der Waals surface area contributed by atoms with E-state index in [1.807, 2.05) is 33.8 Å². The van der Waals surface area contributed by atoms with E-state index < -0.39 is 5.97 Å². The molecule has 1 aromatic rings. The lowest BCUT2D eigenvalue weighted by molar-refractivity contribution is -0.141. The molecule has 1 unspecified atom stereocenters. The highest BCUT2D eigenvalue weighted by molar-refractivity contribution is 5.71. The van der Waals surface area contributed by atoms with Gasteiger partial charge in [0.05, 0.1) is 13.0 Å². The second-order valence-electron chi connectivity index (χ2n) is 4.85. The number of methoxy groups -OCH3 is 1. The Labute approximate surface area is 114 Å². The molecule has 19 heavy (non-hydrogen) atoms. The smallest absolute Gasteiger partial charge is 0.308 e. The predicted molar refractivity (Wildman–Crippen MR) is 77.1 cm³/mol. The normalized spacial score (nSPS) is 12.1. The molecule has 0 amide bonds. The van der Waals surface area contributed by atoms with E-state index in [9.17, 15) is 4.79 Å². The average Bonchev–Trinajstić information content (AvgIpc) is 2.36. The van der Waals surface area contributed by atoms with Gasteiger partial charge in [0.15, 0.2) is 0 Å². The van der Waals surface area contributed by atoms with Gasteiger partial charge in [-0.3, -0.25) is 4.79 Å². The van der Waals surface area contributed by atoms with E-state index in [0.717, 1.165) is 28.1 Å². The van der Waals surface area contributed by atoms with Gasteiger partial charge in [-0.05, 0) is 49.9 Å². The average molecular weight is 265 g/mol. The van der Waals surface area contributed by atoms with Crippen molar-refractivity contribution in [3.8, 4) is 5.75 Å². The third-order valence-corrected chi connectivity index (χ3v) is 3.61. The number of aliphatic carboxylic acids is 1. The molecule has 0 aliphatic heterocycles. The van der Waals surface area contributed by atoms with Crippen LogP contribution >= 0.6 is 0 Å². The zero-order valence-corrected chi connectivity index (χ0v) is 12.3. The number of aryl methyl sites for hydroxylation is 1. The number of benzene rings is 1. The quantitative estimate of drug-likeness (QED) is 0.829. The van der Waals surface area contributed by atoms with Crippen LogP contribution in [0.1, 0.15) is 30.0 Å². The maximum Gasteiger partial charge on any atom is 0.308 e. The van der Waals surface area contributed by atoms with Gasteiger partial charge in [-0.1, -0.05) is 6.92 Å². The highest BCUT2D eigenvalue weighted by Gasteiger charge is 2.16. The molecule has 0 aliphatic rings. The van der Waals surface area contributed by atoms with E-state index in [1.54, 1.807) is 7.11 Å². The number of carbonyl (C=O) groups is 1. The first-order valence-corrected chi connectivity index (χ1v) is 6.53. The lowest BCUT2D eigenvalue weighted by Crippen LogP contribution is -2.22. The molecule has 1 rings (SSSR count). The third kappa shape index (κ3) is 3.40. The molecule has 1 aromatic carbocycles. The Morgan fingerprint density at radius 3 is 2.47 bits per heavy atom. The lowest BCUT2D eigenvalue weighted by atomic mass is 10.0. The fourth-order valence-electron chi connectivity index (χ4n) is 2.20. The topological polar surface area (TPSA) is 58.6 Å². The lowest BCUT2D eigenvalue weighted by Gasteiger charge is -2.18. The Bertz CT molecular complexity index is 469. The highest BCUT2D eigenvalue weighted by atomic mass is 16.5. The van der Waals surface area contributed by atoms with Crippen molar-refractivity contribution in [1.29, 1.82) is 0 Å².